The molecule has 0 atom stereocenters. The van der Waals surface area contributed by atoms with E-state index in [1.54, 1.807) is 12.3 Å². The molecule has 0 saturated heterocycles. The Morgan fingerprint density at radius 3 is 2.37 bits per heavy atom. The molecule has 142 valence electrons. The molecule has 1 aromatic heterocycles. The van der Waals surface area contributed by atoms with E-state index in [1.807, 2.05) is 0 Å². The van der Waals surface area contributed by atoms with Crippen LogP contribution in [0.5, 0.6) is 0 Å². The van der Waals surface area contributed by atoms with Crippen molar-refractivity contribution in [2.24, 2.45) is 0 Å². The first-order valence-electron chi connectivity index (χ1n) is 9.45. The van der Waals surface area contributed by atoms with Crippen LogP contribution < -0.4 is 10.0 Å². The highest BCUT2D eigenvalue weighted by Crippen LogP contribution is 2.46. The quantitative estimate of drug-likeness (QED) is 0.644. The summed E-state index contributed by atoms with van der Waals surface area (Å²) in [4.78, 5) is 12.5. The number of furan rings is 1. The highest BCUT2D eigenvalue weighted by Gasteiger charge is 2.43. The molecule has 1 aromatic carbocycles. The van der Waals surface area contributed by atoms with E-state index in [0.29, 0.717) is 5.09 Å². The van der Waals surface area contributed by atoms with Gasteiger partial charge in [-0.25, -0.2) is 4.79 Å². The summed E-state index contributed by atoms with van der Waals surface area (Å²) in [6.45, 7) is 0. The molecule has 0 spiro atoms. The number of aliphatic hydroxyl groups is 1. The molecule has 2 aromatic rings. The maximum absolute atomic E-state index is 12.5. The van der Waals surface area contributed by atoms with Crippen molar-refractivity contribution < 1.29 is 14.3 Å². The maximum atomic E-state index is 12.5. The number of hydrogen-bond acceptors (Lipinski definition) is 4. The molecule has 2 amide bonds. The lowest BCUT2D eigenvalue weighted by Crippen LogP contribution is -2.24. The summed E-state index contributed by atoms with van der Waals surface area (Å²) in [7, 11) is 0. The first kappa shape index (κ1) is 17.5. The fourth-order valence-corrected chi connectivity index (χ4v) is 5.24. The normalized spacial score (nSPS) is 18.9. The van der Waals surface area contributed by atoms with Gasteiger partial charge < -0.3 is 14.8 Å². The average molecular weight is 405 g/mol. The topological polar surface area (TPSA) is 74.5 Å². The Balaban J connectivity index is 1.31. The van der Waals surface area contributed by atoms with Gasteiger partial charge in [-0.2, -0.15) is 0 Å². The molecule has 27 heavy (non-hydrogen) atoms. The van der Waals surface area contributed by atoms with E-state index in [0.717, 1.165) is 79.6 Å². The van der Waals surface area contributed by atoms with Gasteiger partial charge >= 0.3 is 6.03 Å². The Morgan fingerprint density at radius 2 is 1.74 bits per heavy atom. The molecule has 0 unspecified atom stereocenters. The van der Waals surface area contributed by atoms with E-state index < -0.39 is 5.60 Å². The second-order valence-corrected chi connectivity index (χ2v) is 8.84. The molecular weight excluding hydrogens is 384 g/mol. The molecule has 3 aliphatic rings. The minimum atomic E-state index is -0.727. The predicted molar refractivity (Wildman–Crippen MR) is 105 cm³/mol. The van der Waals surface area contributed by atoms with Gasteiger partial charge in [-0.3, -0.25) is 4.72 Å². The van der Waals surface area contributed by atoms with E-state index in [4.69, 9.17) is 16.0 Å². The fraction of sp³-hybridized carbons (Fsp3) is 0.450. The van der Waals surface area contributed by atoms with Crippen molar-refractivity contribution in [3.05, 3.63) is 45.2 Å². The van der Waals surface area contributed by atoms with Crippen LogP contribution in [0.1, 0.15) is 53.5 Å². The molecule has 1 heterocycles. The summed E-state index contributed by atoms with van der Waals surface area (Å²) in [5.74, 6) is 0. The van der Waals surface area contributed by atoms with Gasteiger partial charge in [-0.15, -0.1) is 0 Å². The number of carbonyl (C=O) groups is 1. The molecule has 5 rings (SSSR count). The Labute approximate surface area is 167 Å². The van der Waals surface area contributed by atoms with Crippen LogP contribution in [0.3, 0.4) is 0 Å². The molecule has 5 nitrogen and oxygen atoms in total. The van der Waals surface area contributed by atoms with Gasteiger partial charge in [0.2, 0.25) is 0 Å². The lowest BCUT2D eigenvalue weighted by Gasteiger charge is -2.17. The molecule has 0 bridgehead atoms. The zero-order valence-electron chi connectivity index (χ0n) is 14.9. The Kier molecular flexibility index (Phi) is 4.18. The lowest BCUT2D eigenvalue weighted by atomic mass is 9.98. The zero-order chi connectivity index (χ0) is 18.6. The van der Waals surface area contributed by atoms with Crippen LogP contribution in [-0.2, 0) is 31.3 Å². The first-order chi connectivity index (χ1) is 13.0. The van der Waals surface area contributed by atoms with Crippen molar-refractivity contribution in [3.63, 3.8) is 0 Å². The monoisotopic (exact) mass is 404 g/mol. The van der Waals surface area contributed by atoms with Crippen molar-refractivity contribution >= 4 is 35.3 Å². The highest BCUT2D eigenvalue weighted by molar-refractivity contribution is 7.97. The standard InChI is InChI=1S/C20H21ClN2O3S/c21-17-12-3-1-5-14(12)18(15-6-2-4-13(15)17)22-19(24)23-27-16-9-11(10-26-16)20(25)7-8-20/h9-10,25H,1-8H2,(H2,22,23,24). The van der Waals surface area contributed by atoms with Gasteiger partial charge in [-0.05, 0) is 79.7 Å². The van der Waals surface area contributed by atoms with Crippen molar-refractivity contribution in [2.45, 2.75) is 62.1 Å². The summed E-state index contributed by atoms with van der Waals surface area (Å²) in [6, 6.07) is 1.52. The van der Waals surface area contributed by atoms with Gasteiger partial charge in [0.05, 0.1) is 11.9 Å². The summed E-state index contributed by atoms with van der Waals surface area (Å²) >= 11 is 7.74. The first-order valence-corrected chi connectivity index (χ1v) is 10.6. The number of rotatable bonds is 4. The number of nitrogens with one attached hydrogen (secondary N) is 2. The minimum Gasteiger partial charge on any atom is -0.456 e. The third-order valence-corrected chi connectivity index (χ3v) is 7.05. The summed E-state index contributed by atoms with van der Waals surface area (Å²) in [6.07, 6.45) is 9.16. The van der Waals surface area contributed by atoms with Crippen LogP contribution in [-0.4, -0.2) is 11.1 Å². The SMILES string of the molecule is O=C(NSc1cc(C2(O)CC2)co1)Nc1c2c(c(Cl)c3c1CCC3)CCC2. The van der Waals surface area contributed by atoms with Crippen LogP contribution in [0.15, 0.2) is 21.8 Å². The largest absolute Gasteiger partial charge is 0.456 e. The third kappa shape index (κ3) is 3.04. The van der Waals surface area contributed by atoms with Gasteiger partial charge in [0.25, 0.3) is 0 Å². The van der Waals surface area contributed by atoms with Gasteiger partial charge in [0.1, 0.15) is 0 Å². The molecule has 1 fully saturated rings. The van der Waals surface area contributed by atoms with Crippen molar-refractivity contribution in [1.29, 1.82) is 0 Å². The predicted octanol–water partition coefficient (Wildman–Crippen LogP) is 4.72. The second kappa shape index (κ2) is 6.47. The number of hydrogen-bond donors (Lipinski definition) is 3. The third-order valence-electron chi connectivity index (χ3n) is 5.89. The van der Waals surface area contributed by atoms with Crippen LogP contribution in [0, 0.1) is 0 Å². The van der Waals surface area contributed by atoms with Crippen molar-refractivity contribution in [2.75, 3.05) is 5.32 Å². The molecule has 1 saturated carbocycles. The molecule has 0 aliphatic heterocycles. The van der Waals surface area contributed by atoms with Crippen LogP contribution >= 0.6 is 23.5 Å². The summed E-state index contributed by atoms with van der Waals surface area (Å²) in [5, 5.41) is 14.7. The molecule has 7 heteroatoms. The van der Waals surface area contributed by atoms with E-state index in [-0.39, 0.29) is 6.03 Å². The highest BCUT2D eigenvalue weighted by atomic mass is 35.5. The number of benzene rings is 1. The zero-order valence-corrected chi connectivity index (χ0v) is 16.4. The second-order valence-electron chi connectivity index (χ2n) is 7.65. The molecular formula is C20H21ClN2O3S. The Morgan fingerprint density at radius 1 is 1.11 bits per heavy atom. The van der Waals surface area contributed by atoms with E-state index in [1.165, 1.54) is 22.3 Å². The van der Waals surface area contributed by atoms with E-state index >= 15 is 0 Å². The number of fused-ring (bicyclic) bond motifs is 2. The van der Waals surface area contributed by atoms with Gasteiger partial charge in [0, 0.05) is 28.2 Å². The molecule has 3 aliphatic carbocycles. The van der Waals surface area contributed by atoms with E-state index in [2.05, 4.69) is 10.0 Å². The molecule has 0 radical (unpaired) electrons. The van der Waals surface area contributed by atoms with Crippen LogP contribution in [0.25, 0.3) is 0 Å². The number of halogens is 1. The number of carbonyl (C=O) groups excluding carboxylic acids is 1. The lowest BCUT2D eigenvalue weighted by molar-refractivity contribution is 0.150. The average Bonchev–Trinajstić information content (AvgIpc) is 3.16. The number of amides is 2. The van der Waals surface area contributed by atoms with Crippen LogP contribution in [0.4, 0.5) is 10.5 Å². The number of urea groups is 1. The van der Waals surface area contributed by atoms with Gasteiger partial charge in [0.15, 0.2) is 5.09 Å². The summed E-state index contributed by atoms with van der Waals surface area (Å²) < 4.78 is 8.23. The Bertz CT molecular complexity index is 901. The van der Waals surface area contributed by atoms with Crippen molar-refractivity contribution in [1.82, 2.24) is 4.72 Å². The van der Waals surface area contributed by atoms with Gasteiger partial charge in [-0.1, -0.05) is 11.6 Å². The maximum Gasteiger partial charge on any atom is 0.329 e. The Hall–Kier alpha value is -1.63. The summed E-state index contributed by atoms with van der Waals surface area (Å²) in [5.41, 5.74) is 5.86. The minimum absolute atomic E-state index is 0.270. The van der Waals surface area contributed by atoms with Crippen LogP contribution in [0.2, 0.25) is 5.02 Å². The van der Waals surface area contributed by atoms with E-state index in [9.17, 15) is 9.90 Å². The molecule has 3 N–H and O–H groups in total. The fourth-order valence-electron chi connectivity index (χ4n) is 4.30. The smallest absolute Gasteiger partial charge is 0.329 e. The van der Waals surface area contributed by atoms with Crippen molar-refractivity contribution in [3.8, 4) is 0 Å². The number of anilines is 1.